The Morgan fingerprint density at radius 3 is 2.66 bits per heavy atom. The predicted molar refractivity (Wildman–Crippen MR) is 130 cm³/mol. The van der Waals surface area contributed by atoms with Gasteiger partial charge in [0.05, 0.1) is 0 Å². The largest absolute Gasteiger partial charge is 0.454 e. The summed E-state index contributed by atoms with van der Waals surface area (Å²) in [6, 6.07) is 8.52. The summed E-state index contributed by atoms with van der Waals surface area (Å²) < 4.78 is 10.8. The van der Waals surface area contributed by atoms with Crippen molar-refractivity contribution in [2.45, 2.75) is 51.6 Å². The molecule has 0 bridgehead atoms. The first-order valence-electron chi connectivity index (χ1n) is 11.5. The Morgan fingerprint density at radius 2 is 1.81 bits per heavy atom. The average Bonchev–Trinajstić information content (AvgIpc) is 3.49. The molecule has 3 aliphatic heterocycles. The van der Waals surface area contributed by atoms with Gasteiger partial charge in [0.25, 0.3) is 0 Å². The van der Waals surface area contributed by atoms with E-state index in [4.69, 9.17) is 31.7 Å². The lowest BCUT2D eigenvalue weighted by Crippen LogP contribution is -2.38. The minimum absolute atomic E-state index is 0.273. The Morgan fingerprint density at radius 1 is 1.03 bits per heavy atom. The molecule has 1 atom stereocenters. The first kappa shape index (κ1) is 21.1. The Labute approximate surface area is 194 Å². The zero-order valence-corrected chi connectivity index (χ0v) is 19.3. The highest BCUT2D eigenvalue weighted by Crippen LogP contribution is 2.32. The summed E-state index contributed by atoms with van der Waals surface area (Å²) in [5.74, 6) is 4.05. The fraction of sp³-hybridized carbons (Fsp3) is 0.522. The molecule has 8 nitrogen and oxygen atoms in total. The Balaban J connectivity index is 1.29. The van der Waals surface area contributed by atoms with Crippen LogP contribution in [0.15, 0.2) is 24.3 Å². The zero-order valence-electron chi connectivity index (χ0n) is 18.5. The van der Waals surface area contributed by atoms with Crippen molar-refractivity contribution in [2.75, 3.05) is 41.5 Å². The van der Waals surface area contributed by atoms with Crippen LogP contribution in [0.2, 0.25) is 0 Å². The topological polar surface area (TPSA) is 74.8 Å². The van der Waals surface area contributed by atoms with Gasteiger partial charge >= 0.3 is 0 Å². The van der Waals surface area contributed by atoms with E-state index in [1.54, 1.807) is 0 Å². The molecule has 170 valence electrons. The van der Waals surface area contributed by atoms with Crippen LogP contribution in [0.3, 0.4) is 0 Å². The van der Waals surface area contributed by atoms with Crippen molar-refractivity contribution in [1.29, 1.82) is 0 Å². The van der Waals surface area contributed by atoms with E-state index in [2.05, 4.69) is 33.4 Å². The van der Waals surface area contributed by atoms with Crippen LogP contribution in [0.25, 0.3) is 0 Å². The molecule has 2 fully saturated rings. The normalized spacial score (nSPS) is 19.8. The fourth-order valence-corrected chi connectivity index (χ4v) is 4.71. The van der Waals surface area contributed by atoms with Gasteiger partial charge in [0.1, 0.15) is 11.6 Å². The van der Waals surface area contributed by atoms with Crippen LogP contribution < -0.4 is 29.9 Å². The van der Waals surface area contributed by atoms with Gasteiger partial charge in [-0.2, -0.15) is 9.97 Å². The summed E-state index contributed by atoms with van der Waals surface area (Å²) in [6.45, 7) is 6.24. The van der Waals surface area contributed by atoms with Crippen molar-refractivity contribution in [3.8, 4) is 11.5 Å². The monoisotopic (exact) mass is 454 g/mol. The highest BCUT2D eigenvalue weighted by atomic mass is 32.1. The van der Waals surface area contributed by atoms with E-state index in [0.29, 0.717) is 23.6 Å². The lowest BCUT2D eigenvalue weighted by Gasteiger charge is -2.35. The van der Waals surface area contributed by atoms with Crippen LogP contribution in [0.5, 0.6) is 11.5 Å². The lowest BCUT2D eigenvalue weighted by molar-refractivity contribution is 0.174. The van der Waals surface area contributed by atoms with E-state index in [1.807, 2.05) is 18.2 Å². The highest BCUT2D eigenvalue weighted by molar-refractivity contribution is 7.80. The van der Waals surface area contributed by atoms with Crippen molar-refractivity contribution in [3.05, 3.63) is 29.8 Å². The highest BCUT2D eigenvalue weighted by Gasteiger charge is 2.23. The number of hydrogen-bond donors (Lipinski definition) is 2. The third-order valence-corrected chi connectivity index (χ3v) is 6.59. The Hall–Kier alpha value is -2.81. The molecule has 2 N–H and O–H groups in total. The van der Waals surface area contributed by atoms with Crippen molar-refractivity contribution in [2.24, 2.45) is 0 Å². The van der Waals surface area contributed by atoms with Crippen molar-refractivity contribution in [3.63, 3.8) is 0 Å². The van der Waals surface area contributed by atoms with E-state index < -0.39 is 0 Å². The zero-order chi connectivity index (χ0) is 21.9. The molecule has 0 spiro atoms. The number of thiocarbonyl (C=S) groups is 1. The fourth-order valence-electron chi connectivity index (χ4n) is 4.55. The second-order valence-corrected chi connectivity index (χ2v) is 9.04. The molecule has 0 radical (unpaired) electrons. The number of fused-ring (bicyclic) bond motifs is 1. The first-order valence-corrected chi connectivity index (χ1v) is 11.9. The van der Waals surface area contributed by atoms with Gasteiger partial charge in [0, 0.05) is 38.3 Å². The molecule has 2 saturated heterocycles. The average molecular weight is 455 g/mol. The third-order valence-electron chi connectivity index (χ3n) is 6.34. The molecule has 5 rings (SSSR count). The minimum Gasteiger partial charge on any atom is -0.454 e. The molecule has 4 heterocycles. The van der Waals surface area contributed by atoms with Crippen LogP contribution in [-0.2, 0) is 6.54 Å². The summed E-state index contributed by atoms with van der Waals surface area (Å²) in [7, 11) is 0. The number of benzene rings is 1. The maximum absolute atomic E-state index is 5.55. The van der Waals surface area contributed by atoms with Crippen LogP contribution in [0, 0.1) is 0 Å². The molecular weight excluding hydrogens is 424 g/mol. The molecule has 1 aromatic heterocycles. The number of nitrogens with one attached hydrogen (secondary N) is 2. The van der Waals surface area contributed by atoms with E-state index in [-0.39, 0.29) is 6.79 Å². The molecule has 0 amide bonds. The van der Waals surface area contributed by atoms with E-state index in [0.717, 1.165) is 48.3 Å². The van der Waals surface area contributed by atoms with Gasteiger partial charge in [0.2, 0.25) is 12.7 Å². The molecule has 3 aliphatic rings. The van der Waals surface area contributed by atoms with Crippen LogP contribution in [0.4, 0.5) is 17.6 Å². The standard InChI is InChI=1S/C23H30N6O2S/c1-16-6-2-3-11-29(16)21-13-20(28-9-4-5-10-28)25-22(26-21)27-23(32)24-14-17-7-8-18-19(12-17)31-15-30-18/h7-8,12-13,16H,2-6,9-11,14-15H2,1H3,(H2,24,25,26,27,32)/t16-/m1/s1. The number of hydrogen-bond acceptors (Lipinski definition) is 7. The van der Waals surface area contributed by atoms with E-state index in [9.17, 15) is 0 Å². The quantitative estimate of drug-likeness (QED) is 0.658. The first-order chi connectivity index (χ1) is 15.7. The molecular formula is C23H30N6O2S. The third kappa shape index (κ3) is 4.67. The summed E-state index contributed by atoms with van der Waals surface area (Å²) in [5.41, 5.74) is 1.06. The Kier molecular flexibility index (Phi) is 6.16. The van der Waals surface area contributed by atoms with Crippen molar-refractivity contribution < 1.29 is 9.47 Å². The second-order valence-electron chi connectivity index (χ2n) is 8.64. The Bertz CT molecular complexity index is 981. The molecule has 1 aromatic carbocycles. The molecule has 0 aliphatic carbocycles. The van der Waals surface area contributed by atoms with Crippen LogP contribution in [0.1, 0.15) is 44.6 Å². The molecule has 0 saturated carbocycles. The van der Waals surface area contributed by atoms with Gasteiger partial charge in [-0.15, -0.1) is 0 Å². The van der Waals surface area contributed by atoms with Crippen LogP contribution in [-0.4, -0.2) is 47.5 Å². The molecule has 32 heavy (non-hydrogen) atoms. The van der Waals surface area contributed by atoms with Gasteiger partial charge in [-0.1, -0.05) is 6.07 Å². The van der Waals surface area contributed by atoms with Crippen LogP contribution >= 0.6 is 12.2 Å². The van der Waals surface area contributed by atoms with Gasteiger partial charge < -0.3 is 29.9 Å². The second kappa shape index (κ2) is 9.36. The number of aromatic nitrogens is 2. The van der Waals surface area contributed by atoms with E-state index in [1.165, 1.54) is 32.1 Å². The number of nitrogens with zero attached hydrogens (tertiary/aromatic N) is 4. The number of anilines is 3. The SMILES string of the molecule is C[C@@H]1CCCCN1c1cc(N2CCCC2)nc(NC(=S)NCc2ccc3c(c2)OCO3)n1. The van der Waals surface area contributed by atoms with Gasteiger partial charge in [-0.25, -0.2) is 0 Å². The number of ether oxygens (including phenoxy) is 2. The minimum atomic E-state index is 0.273. The summed E-state index contributed by atoms with van der Waals surface area (Å²) in [6.07, 6.45) is 6.09. The maximum Gasteiger partial charge on any atom is 0.232 e. The summed E-state index contributed by atoms with van der Waals surface area (Å²) >= 11 is 5.55. The van der Waals surface area contributed by atoms with Crippen molar-refractivity contribution in [1.82, 2.24) is 15.3 Å². The van der Waals surface area contributed by atoms with Gasteiger partial charge in [0.15, 0.2) is 16.6 Å². The predicted octanol–water partition coefficient (Wildman–Crippen LogP) is 3.67. The van der Waals surface area contributed by atoms with Crippen molar-refractivity contribution >= 4 is 34.9 Å². The van der Waals surface area contributed by atoms with Gasteiger partial charge in [-0.3, -0.25) is 0 Å². The summed E-state index contributed by atoms with van der Waals surface area (Å²) in [4.78, 5) is 14.4. The smallest absolute Gasteiger partial charge is 0.232 e. The lowest BCUT2D eigenvalue weighted by atomic mass is 10.0. The maximum atomic E-state index is 5.55. The van der Waals surface area contributed by atoms with E-state index >= 15 is 0 Å². The number of rotatable bonds is 5. The number of piperidine rings is 1. The molecule has 9 heteroatoms. The van der Waals surface area contributed by atoms with Gasteiger partial charge in [-0.05, 0) is 68.9 Å². The molecule has 0 unspecified atom stereocenters. The summed E-state index contributed by atoms with van der Waals surface area (Å²) in [5, 5.41) is 6.96. The molecule has 2 aromatic rings.